The van der Waals surface area contributed by atoms with E-state index in [9.17, 15) is 0 Å². The molecule has 27 heavy (non-hydrogen) atoms. The molecule has 0 radical (unpaired) electrons. The summed E-state index contributed by atoms with van der Waals surface area (Å²) in [6.45, 7) is 28.9. The van der Waals surface area contributed by atoms with Crippen LogP contribution in [0.25, 0.3) is 0 Å². The van der Waals surface area contributed by atoms with Crippen LogP contribution in [0, 0.1) is 11.5 Å². The molecule has 1 nitrogen and oxygen atoms in total. The van der Waals surface area contributed by atoms with Crippen LogP contribution in [-0.2, 0) is 0 Å². The molecule has 3 heteroatoms. The van der Waals surface area contributed by atoms with Crippen LogP contribution in [-0.4, -0.2) is 20.5 Å². The van der Waals surface area contributed by atoms with Crippen LogP contribution in [0.3, 0.4) is 0 Å². The molecule has 0 unspecified atom stereocenters. The predicted molar refractivity (Wildman–Crippen MR) is 129 cm³/mol. The van der Waals surface area contributed by atoms with E-state index in [0.717, 1.165) is 0 Å². The highest BCUT2D eigenvalue weighted by Crippen LogP contribution is 2.43. The lowest BCUT2D eigenvalue weighted by molar-refractivity contribution is 0.765. The summed E-state index contributed by atoms with van der Waals surface area (Å²) in [5.41, 5.74) is 9.28. The lowest BCUT2D eigenvalue weighted by Crippen LogP contribution is -2.51. The molecule has 0 aliphatic carbocycles. The summed E-state index contributed by atoms with van der Waals surface area (Å²) in [5, 5.41) is 0. The Morgan fingerprint density at radius 1 is 0.667 bits per heavy atom. The summed E-state index contributed by atoms with van der Waals surface area (Å²) in [7, 11) is -3.33. The number of hydrogen-bond donors (Lipinski definition) is 0. The molecule has 0 aromatic carbocycles. The van der Waals surface area contributed by atoms with Crippen LogP contribution in [0.2, 0.25) is 33.2 Å². The predicted octanol–water partition coefficient (Wildman–Crippen LogP) is 8.08. The van der Waals surface area contributed by atoms with Crippen molar-refractivity contribution in [3.63, 3.8) is 0 Å². The summed E-state index contributed by atoms with van der Waals surface area (Å²) in [4.78, 5) is 0. The lowest BCUT2D eigenvalue weighted by Gasteiger charge is -2.44. The van der Waals surface area contributed by atoms with Crippen LogP contribution in [0.5, 0.6) is 0 Å². The van der Waals surface area contributed by atoms with Crippen molar-refractivity contribution in [2.45, 2.75) is 116 Å². The third-order valence-corrected chi connectivity index (χ3v) is 20.2. The Hall–Kier alpha value is -0.726. The van der Waals surface area contributed by atoms with Crippen molar-refractivity contribution in [3.8, 4) is 11.5 Å². The van der Waals surface area contributed by atoms with Crippen LogP contribution in [0.1, 0.15) is 88.6 Å². The third kappa shape index (κ3) is 4.32. The second-order valence-corrected chi connectivity index (χ2v) is 21.6. The van der Waals surface area contributed by atoms with Gasteiger partial charge in [-0.1, -0.05) is 89.0 Å². The maximum absolute atomic E-state index is 3.89. The van der Waals surface area contributed by atoms with Crippen molar-refractivity contribution in [1.29, 1.82) is 0 Å². The lowest BCUT2D eigenvalue weighted by atomic mass is 10.4. The maximum atomic E-state index is 3.89. The van der Waals surface area contributed by atoms with Gasteiger partial charge in [-0.3, -0.25) is 0 Å². The van der Waals surface area contributed by atoms with Crippen molar-refractivity contribution in [2.24, 2.45) is 0 Å². The second kappa shape index (κ2) is 9.18. The molecule has 0 spiro atoms. The Kier molecular flexibility index (Phi) is 8.27. The Labute approximate surface area is 172 Å². The molecule has 0 aliphatic heterocycles. The fourth-order valence-corrected chi connectivity index (χ4v) is 17.9. The van der Waals surface area contributed by atoms with Gasteiger partial charge >= 0.3 is 0 Å². The van der Waals surface area contributed by atoms with Gasteiger partial charge in [-0.05, 0) is 45.5 Å². The van der Waals surface area contributed by atoms with Gasteiger partial charge in [0.25, 0.3) is 0 Å². The van der Waals surface area contributed by atoms with E-state index in [1.54, 1.807) is 0 Å². The van der Waals surface area contributed by atoms with Crippen molar-refractivity contribution in [1.82, 2.24) is 4.23 Å². The molecule has 1 heterocycles. The minimum Gasteiger partial charge on any atom is -0.378 e. The van der Waals surface area contributed by atoms with Gasteiger partial charge in [0.15, 0.2) is 8.24 Å². The first kappa shape index (κ1) is 24.3. The molecular weight excluding hydrogens is 358 g/mol. The monoisotopic (exact) mass is 403 g/mol. The highest BCUT2D eigenvalue weighted by molar-refractivity contribution is 6.90. The van der Waals surface area contributed by atoms with E-state index in [0.29, 0.717) is 33.2 Å². The molecule has 1 rings (SSSR count). The molecule has 0 aliphatic rings. The van der Waals surface area contributed by atoms with E-state index >= 15 is 0 Å². The van der Waals surface area contributed by atoms with Gasteiger partial charge < -0.3 is 4.23 Å². The smallest absolute Gasteiger partial charge is 0.168 e. The fourth-order valence-electron chi connectivity index (χ4n) is 6.22. The van der Waals surface area contributed by atoms with Crippen molar-refractivity contribution in [2.75, 3.05) is 0 Å². The molecule has 154 valence electrons. The minimum atomic E-state index is -1.67. The van der Waals surface area contributed by atoms with Gasteiger partial charge in [-0.25, -0.2) is 0 Å². The molecular formula is C24H45NSi2. The van der Waals surface area contributed by atoms with Crippen molar-refractivity contribution >= 4 is 16.3 Å². The standard InChI is InChI=1S/C24H45NSi2/c1-18(2)26(19(3)4,20(5)6)16-14-24-13-15-25(17-24)27(21(7)8,22(9)10)23(11)12/h13,15,17-23H,1-12H3. The summed E-state index contributed by atoms with van der Waals surface area (Å²) in [5.74, 6) is 3.65. The van der Waals surface area contributed by atoms with Gasteiger partial charge in [0, 0.05) is 11.8 Å². The maximum Gasteiger partial charge on any atom is 0.168 e. The van der Waals surface area contributed by atoms with Crippen LogP contribution in [0.15, 0.2) is 18.5 Å². The van der Waals surface area contributed by atoms with Gasteiger partial charge in [0.2, 0.25) is 0 Å². The van der Waals surface area contributed by atoms with Crippen molar-refractivity contribution < 1.29 is 0 Å². The average Bonchev–Trinajstić information content (AvgIpc) is 2.95. The van der Waals surface area contributed by atoms with Crippen LogP contribution >= 0.6 is 0 Å². The zero-order valence-corrected chi connectivity index (χ0v) is 22.1. The Morgan fingerprint density at radius 2 is 1.07 bits per heavy atom. The van der Waals surface area contributed by atoms with E-state index in [-0.39, 0.29) is 0 Å². The Bertz CT molecular complexity index is 610. The molecule has 0 saturated carbocycles. The summed E-state index contributed by atoms with van der Waals surface area (Å²) in [6.07, 6.45) is 4.71. The summed E-state index contributed by atoms with van der Waals surface area (Å²) < 4.78 is 2.61. The molecule has 0 fully saturated rings. The number of nitrogens with zero attached hydrogens (tertiary/aromatic N) is 1. The van der Waals surface area contributed by atoms with E-state index in [4.69, 9.17) is 0 Å². The van der Waals surface area contributed by atoms with E-state index < -0.39 is 16.3 Å². The van der Waals surface area contributed by atoms with E-state index in [1.807, 2.05) is 0 Å². The van der Waals surface area contributed by atoms with Gasteiger partial charge in [0.05, 0.1) is 0 Å². The topological polar surface area (TPSA) is 4.93 Å². The normalized spacial score (nSPS) is 13.4. The molecule has 0 N–H and O–H groups in total. The summed E-state index contributed by atoms with van der Waals surface area (Å²) in [6, 6.07) is 2.27. The highest BCUT2D eigenvalue weighted by Gasteiger charge is 2.45. The van der Waals surface area contributed by atoms with Crippen molar-refractivity contribution in [3.05, 3.63) is 24.0 Å². The molecule has 0 bridgehead atoms. The largest absolute Gasteiger partial charge is 0.378 e. The van der Waals surface area contributed by atoms with Crippen LogP contribution < -0.4 is 0 Å². The van der Waals surface area contributed by atoms with Crippen LogP contribution in [0.4, 0.5) is 0 Å². The van der Waals surface area contributed by atoms with E-state index in [1.165, 1.54) is 5.56 Å². The third-order valence-electron chi connectivity index (χ3n) is 7.20. The second-order valence-electron chi connectivity index (χ2n) is 10.3. The summed E-state index contributed by atoms with van der Waals surface area (Å²) >= 11 is 0. The number of hydrogen-bond acceptors (Lipinski definition) is 0. The quantitative estimate of drug-likeness (QED) is 0.320. The molecule has 0 saturated heterocycles. The Morgan fingerprint density at radius 3 is 1.41 bits per heavy atom. The molecule has 1 aromatic rings. The highest BCUT2D eigenvalue weighted by atomic mass is 28.3. The van der Waals surface area contributed by atoms with E-state index in [2.05, 4.69) is 117 Å². The fraction of sp³-hybridized carbons (Fsp3) is 0.750. The average molecular weight is 404 g/mol. The molecule has 0 atom stereocenters. The van der Waals surface area contributed by atoms with Gasteiger partial charge in [-0.2, -0.15) is 0 Å². The molecule has 0 amide bonds. The Balaban J connectivity index is 3.45. The first-order valence-electron chi connectivity index (χ1n) is 11.1. The number of rotatable bonds is 7. The first-order chi connectivity index (χ1) is 12.3. The van der Waals surface area contributed by atoms with Gasteiger partial charge in [-0.15, -0.1) is 5.54 Å². The molecule has 1 aromatic heterocycles. The number of aromatic nitrogens is 1. The zero-order chi connectivity index (χ0) is 21.2. The zero-order valence-electron chi connectivity index (χ0n) is 20.1. The SMILES string of the molecule is CC(C)[Si](C#Cc1ccn([Si](C(C)C)(C(C)C)C(C)C)c1)(C(C)C)C(C)C. The van der Waals surface area contributed by atoms with Gasteiger partial charge in [0.1, 0.15) is 8.07 Å². The first-order valence-corrected chi connectivity index (χ1v) is 15.5. The minimum absolute atomic E-state index is 0.683.